The van der Waals surface area contributed by atoms with Crippen LogP contribution in [0.15, 0.2) is 18.2 Å². The molecule has 0 heterocycles. The van der Waals surface area contributed by atoms with Gasteiger partial charge in [-0.1, -0.05) is 17.7 Å². The molecule has 0 saturated heterocycles. The number of aliphatic carboxylic acids is 1. The monoisotopic (exact) mass is 263 g/mol. The largest absolute Gasteiger partial charge is 0.481 e. The maximum Gasteiger partial charge on any atom is 0.303 e. The molecule has 0 spiro atoms. The van der Waals surface area contributed by atoms with Crippen molar-refractivity contribution in [3.8, 4) is 0 Å². The van der Waals surface area contributed by atoms with Gasteiger partial charge in [0.1, 0.15) is 0 Å². The second-order valence-corrected chi connectivity index (χ2v) is 5.76. The first-order chi connectivity index (χ1) is 8.69. The highest BCUT2D eigenvalue weighted by atomic mass is 16.4. The van der Waals surface area contributed by atoms with E-state index in [0.29, 0.717) is 12.0 Å². The predicted molar refractivity (Wildman–Crippen MR) is 74.4 cm³/mol. The van der Waals surface area contributed by atoms with E-state index >= 15 is 0 Å². The fraction of sp³-hybridized carbons (Fsp3) is 0.467. The SMILES string of the molecule is Cc1ccc(CCC(=O)O)c(C(=O)NC(C)(C)C)c1. The third-order valence-electron chi connectivity index (χ3n) is 2.61. The summed E-state index contributed by atoms with van der Waals surface area (Å²) in [5, 5.41) is 11.6. The van der Waals surface area contributed by atoms with E-state index < -0.39 is 5.97 Å². The molecular formula is C15H21NO3. The third kappa shape index (κ3) is 5.12. The quantitative estimate of drug-likeness (QED) is 0.877. The average Bonchev–Trinajstić information content (AvgIpc) is 2.24. The van der Waals surface area contributed by atoms with Crippen molar-refractivity contribution in [2.24, 2.45) is 0 Å². The molecule has 1 amide bonds. The zero-order valence-electron chi connectivity index (χ0n) is 11.9. The number of benzene rings is 1. The highest BCUT2D eigenvalue weighted by Crippen LogP contribution is 2.15. The lowest BCUT2D eigenvalue weighted by Gasteiger charge is -2.21. The van der Waals surface area contributed by atoms with Crippen molar-refractivity contribution in [3.05, 3.63) is 34.9 Å². The lowest BCUT2D eigenvalue weighted by Crippen LogP contribution is -2.41. The minimum Gasteiger partial charge on any atom is -0.481 e. The van der Waals surface area contributed by atoms with E-state index in [1.54, 1.807) is 6.07 Å². The smallest absolute Gasteiger partial charge is 0.303 e. The number of nitrogens with one attached hydrogen (secondary N) is 1. The Morgan fingerprint density at radius 2 is 1.89 bits per heavy atom. The van der Waals surface area contributed by atoms with Crippen LogP contribution in [-0.2, 0) is 11.2 Å². The molecule has 0 radical (unpaired) electrons. The first-order valence-electron chi connectivity index (χ1n) is 6.33. The second kappa shape index (κ2) is 5.87. The van der Waals surface area contributed by atoms with Gasteiger partial charge in [0.2, 0.25) is 0 Å². The van der Waals surface area contributed by atoms with Crippen molar-refractivity contribution in [3.63, 3.8) is 0 Å². The summed E-state index contributed by atoms with van der Waals surface area (Å²) in [4.78, 5) is 22.9. The van der Waals surface area contributed by atoms with Crippen molar-refractivity contribution in [1.82, 2.24) is 5.32 Å². The van der Waals surface area contributed by atoms with Crippen molar-refractivity contribution < 1.29 is 14.7 Å². The van der Waals surface area contributed by atoms with Crippen LogP contribution >= 0.6 is 0 Å². The predicted octanol–water partition coefficient (Wildman–Crippen LogP) is 2.54. The van der Waals surface area contributed by atoms with E-state index in [9.17, 15) is 9.59 Å². The summed E-state index contributed by atoms with van der Waals surface area (Å²) >= 11 is 0. The van der Waals surface area contributed by atoms with Gasteiger partial charge in [-0.05, 0) is 45.7 Å². The van der Waals surface area contributed by atoms with Gasteiger partial charge in [-0.25, -0.2) is 0 Å². The van der Waals surface area contributed by atoms with Crippen LogP contribution in [0, 0.1) is 6.92 Å². The molecule has 4 heteroatoms. The molecule has 1 aromatic rings. The molecule has 1 aromatic carbocycles. The second-order valence-electron chi connectivity index (χ2n) is 5.76. The number of aryl methyl sites for hydroxylation is 2. The van der Waals surface area contributed by atoms with E-state index in [4.69, 9.17) is 5.11 Å². The Bertz CT molecular complexity index is 487. The minimum atomic E-state index is -0.859. The number of hydrogen-bond donors (Lipinski definition) is 2. The average molecular weight is 263 g/mol. The summed E-state index contributed by atoms with van der Waals surface area (Å²) in [6.45, 7) is 7.65. The fourth-order valence-electron chi connectivity index (χ4n) is 1.77. The molecule has 0 fully saturated rings. The Morgan fingerprint density at radius 1 is 1.26 bits per heavy atom. The first kappa shape index (κ1) is 15.2. The van der Waals surface area contributed by atoms with E-state index in [1.807, 2.05) is 39.8 Å². The van der Waals surface area contributed by atoms with Crippen LogP contribution in [-0.4, -0.2) is 22.5 Å². The minimum absolute atomic E-state index is 0.0266. The van der Waals surface area contributed by atoms with Crippen LogP contribution < -0.4 is 5.32 Å². The van der Waals surface area contributed by atoms with E-state index in [1.165, 1.54) is 0 Å². The molecule has 0 aliphatic heterocycles. The zero-order chi connectivity index (χ0) is 14.6. The molecule has 2 N–H and O–H groups in total. The Morgan fingerprint density at radius 3 is 2.42 bits per heavy atom. The number of carboxylic acids is 1. The molecule has 104 valence electrons. The molecule has 19 heavy (non-hydrogen) atoms. The standard InChI is InChI=1S/C15H21NO3/c1-10-5-6-11(7-8-13(17)18)12(9-10)14(19)16-15(2,3)4/h5-6,9H,7-8H2,1-4H3,(H,16,19)(H,17,18). The van der Waals surface area contributed by atoms with Gasteiger partial charge >= 0.3 is 5.97 Å². The van der Waals surface area contributed by atoms with Gasteiger partial charge in [0.15, 0.2) is 0 Å². The van der Waals surface area contributed by atoms with Crippen LogP contribution in [0.2, 0.25) is 0 Å². The van der Waals surface area contributed by atoms with Gasteiger partial charge in [-0.3, -0.25) is 9.59 Å². The maximum atomic E-state index is 12.2. The molecular weight excluding hydrogens is 242 g/mol. The number of carbonyl (C=O) groups is 2. The van der Waals surface area contributed by atoms with Crippen LogP contribution in [0.4, 0.5) is 0 Å². The van der Waals surface area contributed by atoms with Crippen molar-refractivity contribution in [2.45, 2.75) is 46.1 Å². The van der Waals surface area contributed by atoms with Crippen molar-refractivity contribution >= 4 is 11.9 Å². The van der Waals surface area contributed by atoms with Crippen LogP contribution in [0.1, 0.15) is 48.7 Å². The molecule has 0 atom stereocenters. The Labute approximate surface area is 113 Å². The van der Waals surface area contributed by atoms with Crippen molar-refractivity contribution in [1.29, 1.82) is 0 Å². The molecule has 4 nitrogen and oxygen atoms in total. The summed E-state index contributed by atoms with van der Waals surface area (Å²) in [5.41, 5.74) is 2.01. The summed E-state index contributed by atoms with van der Waals surface area (Å²) in [6.07, 6.45) is 0.390. The van der Waals surface area contributed by atoms with Gasteiger partial charge in [0.25, 0.3) is 5.91 Å². The summed E-state index contributed by atoms with van der Waals surface area (Å²) in [5.74, 6) is -1.01. The van der Waals surface area contributed by atoms with E-state index in [0.717, 1.165) is 11.1 Å². The normalized spacial score (nSPS) is 11.2. The summed E-state index contributed by atoms with van der Waals surface area (Å²) < 4.78 is 0. The van der Waals surface area contributed by atoms with Crippen LogP contribution in [0.3, 0.4) is 0 Å². The summed E-state index contributed by atoms with van der Waals surface area (Å²) in [7, 11) is 0. The Balaban J connectivity index is 2.99. The molecule has 1 rings (SSSR count). The number of amides is 1. The van der Waals surface area contributed by atoms with Gasteiger partial charge < -0.3 is 10.4 Å². The number of carboxylic acid groups (broad SMARTS) is 1. The van der Waals surface area contributed by atoms with Crippen LogP contribution in [0.25, 0.3) is 0 Å². The lowest BCUT2D eigenvalue weighted by atomic mass is 9.98. The van der Waals surface area contributed by atoms with E-state index in [2.05, 4.69) is 5.32 Å². The summed E-state index contributed by atoms with van der Waals surface area (Å²) in [6, 6.07) is 5.53. The van der Waals surface area contributed by atoms with E-state index in [-0.39, 0.29) is 17.9 Å². The van der Waals surface area contributed by atoms with Gasteiger partial charge in [0.05, 0.1) is 0 Å². The van der Waals surface area contributed by atoms with Gasteiger partial charge in [-0.15, -0.1) is 0 Å². The molecule has 0 aliphatic rings. The Kier molecular flexibility index (Phi) is 4.70. The number of hydrogen-bond acceptors (Lipinski definition) is 2. The lowest BCUT2D eigenvalue weighted by molar-refractivity contribution is -0.136. The maximum absolute atomic E-state index is 12.2. The third-order valence-corrected chi connectivity index (χ3v) is 2.61. The zero-order valence-corrected chi connectivity index (χ0v) is 11.9. The first-order valence-corrected chi connectivity index (χ1v) is 6.33. The van der Waals surface area contributed by atoms with Gasteiger partial charge in [-0.2, -0.15) is 0 Å². The Hall–Kier alpha value is -1.84. The topological polar surface area (TPSA) is 66.4 Å². The number of rotatable bonds is 4. The molecule has 0 saturated carbocycles. The highest BCUT2D eigenvalue weighted by molar-refractivity contribution is 5.96. The van der Waals surface area contributed by atoms with Gasteiger partial charge in [0, 0.05) is 17.5 Å². The highest BCUT2D eigenvalue weighted by Gasteiger charge is 2.18. The molecule has 0 aliphatic carbocycles. The molecule has 0 unspecified atom stereocenters. The van der Waals surface area contributed by atoms with Crippen LogP contribution in [0.5, 0.6) is 0 Å². The fourth-order valence-corrected chi connectivity index (χ4v) is 1.77. The number of carbonyl (C=O) groups excluding carboxylic acids is 1. The van der Waals surface area contributed by atoms with Crippen molar-refractivity contribution in [2.75, 3.05) is 0 Å². The molecule has 0 aromatic heterocycles. The molecule has 0 bridgehead atoms.